The molecule has 0 atom stereocenters. The van der Waals surface area contributed by atoms with Crippen LogP contribution >= 0.6 is 24.0 Å². The molecule has 2 aromatic carbocycles. The van der Waals surface area contributed by atoms with Gasteiger partial charge in [0.05, 0.1) is 20.8 Å². The Hall–Kier alpha value is -2.04. The molecule has 3 rings (SSSR count). The van der Waals surface area contributed by atoms with Gasteiger partial charge in [-0.2, -0.15) is 0 Å². The third-order valence-corrected chi connectivity index (χ3v) is 5.50. The minimum atomic E-state index is 0. The average Bonchev–Trinajstić information content (AvgIpc) is 2.79. The fourth-order valence-corrected chi connectivity index (χ4v) is 3.64. The van der Waals surface area contributed by atoms with Gasteiger partial charge in [-0.05, 0) is 29.8 Å². The number of likely N-dealkylation sites (N-methyl/N-ethyl adjacent to an activating group) is 1. The summed E-state index contributed by atoms with van der Waals surface area (Å²) >= 11 is 0. The van der Waals surface area contributed by atoms with E-state index in [-0.39, 0.29) is 24.0 Å². The van der Waals surface area contributed by atoms with Crippen molar-refractivity contribution in [3.8, 4) is 11.5 Å². The number of anilines is 1. The molecule has 1 aliphatic rings. The molecule has 0 aromatic heterocycles. The smallest absolute Gasteiger partial charge is 0.193 e. The first-order chi connectivity index (χ1) is 14.6. The fourth-order valence-electron chi connectivity index (χ4n) is 3.64. The van der Waals surface area contributed by atoms with Crippen molar-refractivity contribution in [1.82, 2.24) is 9.80 Å². The van der Waals surface area contributed by atoms with E-state index in [0.717, 1.165) is 45.0 Å². The first-order valence-electron chi connectivity index (χ1n) is 10.4. The van der Waals surface area contributed by atoms with Crippen molar-refractivity contribution in [2.75, 3.05) is 52.3 Å². The van der Waals surface area contributed by atoms with Crippen LogP contribution in [0.25, 0.3) is 0 Å². The van der Waals surface area contributed by atoms with Gasteiger partial charge >= 0.3 is 0 Å². The lowest BCUT2D eigenvalue weighted by molar-refractivity contribution is 0.131. The van der Waals surface area contributed by atoms with E-state index >= 15 is 0 Å². The Morgan fingerprint density at radius 3 is 2.26 bits per heavy atom. The zero-order chi connectivity index (χ0) is 21.3. The molecule has 0 radical (unpaired) electrons. The highest BCUT2D eigenvalue weighted by Crippen LogP contribution is 2.29. The highest BCUT2D eigenvalue weighted by molar-refractivity contribution is 14.0. The standard InChI is InChI=1S/C23H33N5O2.HI/c1-4-27-11-13-28(14-12-27)17-19-8-6-5-7-18(19)16-25-23(24)26-20-9-10-21(29-2)22(15-20)30-3;/h5-10,15H,4,11-14,16-17H2,1-3H3,(H3,24,25,26);1H. The first-order valence-corrected chi connectivity index (χ1v) is 10.4. The van der Waals surface area contributed by atoms with Gasteiger partial charge in [-0.1, -0.05) is 31.2 Å². The number of aliphatic imine (C=N–C) groups is 1. The van der Waals surface area contributed by atoms with Crippen LogP contribution in [0.2, 0.25) is 0 Å². The van der Waals surface area contributed by atoms with Crippen molar-refractivity contribution in [2.45, 2.75) is 20.0 Å². The number of nitrogens with one attached hydrogen (secondary N) is 1. The number of ether oxygens (including phenoxy) is 2. The molecule has 1 heterocycles. The number of guanidine groups is 1. The maximum Gasteiger partial charge on any atom is 0.193 e. The van der Waals surface area contributed by atoms with E-state index in [0.29, 0.717) is 24.0 Å². The van der Waals surface area contributed by atoms with Crippen LogP contribution in [0.15, 0.2) is 47.5 Å². The second-order valence-electron chi connectivity index (χ2n) is 7.38. The number of hydrogen-bond donors (Lipinski definition) is 2. The van der Waals surface area contributed by atoms with Crippen LogP contribution in [0.5, 0.6) is 11.5 Å². The lowest BCUT2D eigenvalue weighted by atomic mass is 10.1. The number of piperazine rings is 1. The lowest BCUT2D eigenvalue weighted by Crippen LogP contribution is -2.45. The number of halogens is 1. The van der Waals surface area contributed by atoms with Crippen LogP contribution in [0.1, 0.15) is 18.1 Å². The van der Waals surface area contributed by atoms with Gasteiger partial charge in [-0.3, -0.25) is 4.90 Å². The molecule has 0 spiro atoms. The Kier molecular flexibility index (Phi) is 10.4. The van der Waals surface area contributed by atoms with Gasteiger partial charge in [-0.15, -0.1) is 24.0 Å². The number of nitrogens with two attached hydrogens (primary N) is 1. The summed E-state index contributed by atoms with van der Waals surface area (Å²) in [5.41, 5.74) is 9.44. The van der Waals surface area contributed by atoms with E-state index in [1.165, 1.54) is 11.1 Å². The van der Waals surface area contributed by atoms with Crippen molar-refractivity contribution < 1.29 is 9.47 Å². The van der Waals surface area contributed by atoms with Crippen molar-refractivity contribution in [3.05, 3.63) is 53.6 Å². The van der Waals surface area contributed by atoms with Gasteiger partial charge in [0.25, 0.3) is 0 Å². The number of methoxy groups -OCH3 is 2. The van der Waals surface area contributed by atoms with E-state index in [9.17, 15) is 0 Å². The number of nitrogens with zero attached hydrogens (tertiary/aromatic N) is 3. The molecule has 0 unspecified atom stereocenters. The summed E-state index contributed by atoms with van der Waals surface area (Å²) in [6.07, 6.45) is 0. The zero-order valence-electron chi connectivity index (χ0n) is 18.6. The quantitative estimate of drug-likeness (QED) is 0.305. The molecule has 2 aromatic rings. The Bertz CT molecular complexity index is 854. The van der Waals surface area contributed by atoms with Crippen LogP contribution in [-0.2, 0) is 13.1 Å². The Morgan fingerprint density at radius 2 is 1.61 bits per heavy atom. The van der Waals surface area contributed by atoms with E-state index in [1.807, 2.05) is 18.2 Å². The van der Waals surface area contributed by atoms with E-state index in [1.54, 1.807) is 14.2 Å². The topological polar surface area (TPSA) is 75.4 Å². The number of hydrogen-bond acceptors (Lipinski definition) is 5. The summed E-state index contributed by atoms with van der Waals surface area (Å²) in [5, 5.41) is 3.13. The van der Waals surface area contributed by atoms with Crippen molar-refractivity contribution >= 4 is 35.6 Å². The van der Waals surface area contributed by atoms with Gasteiger partial charge in [0.1, 0.15) is 0 Å². The molecular formula is C23H34IN5O2. The number of rotatable bonds is 8. The minimum absolute atomic E-state index is 0. The minimum Gasteiger partial charge on any atom is -0.493 e. The summed E-state index contributed by atoms with van der Waals surface area (Å²) in [7, 11) is 3.22. The van der Waals surface area contributed by atoms with Gasteiger partial charge in [0.2, 0.25) is 0 Å². The zero-order valence-corrected chi connectivity index (χ0v) is 21.0. The molecule has 170 valence electrons. The third kappa shape index (κ3) is 7.26. The van der Waals surface area contributed by atoms with E-state index in [4.69, 9.17) is 15.2 Å². The largest absolute Gasteiger partial charge is 0.493 e. The molecule has 0 saturated carbocycles. The molecule has 7 nitrogen and oxygen atoms in total. The summed E-state index contributed by atoms with van der Waals surface area (Å²) in [4.78, 5) is 9.56. The van der Waals surface area contributed by atoms with E-state index < -0.39 is 0 Å². The molecule has 3 N–H and O–H groups in total. The molecule has 1 fully saturated rings. The van der Waals surface area contributed by atoms with Crippen molar-refractivity contribution in [3.63, 3.8) is 0 Å². The Labute approximate surface area is 202 Å². The molecule has 0 bridgehead atoms. The molecule has 0 amide bonds. The SMILES string of the molecule is CCN1CCN(Cc2ccccc2CN=C(N)Nc2ccc(OC)c(OC)c2)CC1.I. The maximum atomic E-state index is 6.13. The van der Waals surface area contributed by atoms with Crippen LogP contribution in [0.3, 0.4) is 0 Å². The van der Waals surface area contributed by atoms with Crippen LogP contribution < -0.4 is 20.5 Å². The monoisotopic (exact) mass is 539 g/mol. The van der Waals surface area contributed by atoms with Crippen LogP contribution in [0, 0.1) is 0 Å². The summed E-state index contributed by atoms with van der Waals surface area (Å²) in [6.45, 7) is 9.33. The van der Waals surface area contributed by atoms with Gasteiger partial charge in [0, 0.05) is 44.5 Å². The molecular weight excluding hydrogens is 505 g/mol. The first kappa shape index (κ1) is 25.2. The second kappa shape index (κ2) is 12.7. The predicted molar refractivity (Wildman–Crippen MR) is 138 cm³/mol. The lowest BCUT2D eigenvalue weighted by Gasteiger charge is -2.34. The summed E-state index contributed by atoms with van der Waals surface area (Å²) in [5.74, 6) is 1.68. The Morgan fingerprint density at radius 1 is 0.968 bits per heavy atom. The number of benzene rings is 2. The highest BCUT2D eigenvalue weighted by atomic mass is 127. The average molecular weight is 539 g/mol. The highest BCUT2D eigenvalue weighted by Gasteiger charge is 2.16. The fraction of sp³-hybridized carbons (Fsp3) is 0.435. The predicted octanol–water partition coefficient (Wildman–Crippen LogP) is 3.39. The maximum absolute atomic E-state index is 6.13. The molecule has 31 heavy (non-hydrogen) atoms. The summed E-state index contributed by atoms with van der Waals surface area (Å²) < 4.78 is 10.6. The molecule has 1 saturated heterocycles. The van der Waals surface area contributed by atoms with Crippen LogP contribution in [0.4, 0.5) is 5.69 Å². The van der Waals surface area contributed by atoms with Crippen molar-refractivity contribution in [1.29, 1.82) is 0 Å². The molecule has 8 heteroatoms. The van der Waals surface area contributed by atoms with E-state index in [2.05, 4.69) is 51.3 Å². The second-order valence-corrected chi connectivity index (χ2v) is 7.38. The Balaban J connectivity index is 0.00000341. The summed E-state index contributed by atoms with van der Waals surface area (Å²) in [6, 6.07) is 14.0. The van der Waals surface area contributed by atoms with Crippen LogP contribution in [-0.4, -0.2) is 62.7 Å². The third-order valence-electron chi connectivity index (χ3n) is 5.50. The molecule has 0 aliphatic carbocycles. The van der Waals surface area contributed by atoms with Gasteiger partial charge in [-0.25, -0.2) is 4.99 Å². The van der Waals surface area contributed by atoms with Gasteiger partial charge in [0.15, 0.2) is 17.5 Å². The van der Waals surface area contributed by atoms with Gasteiger partial charge < -0.3 is 25.4 Å². The van der Waals surface area contributed by atoms with Crippen molar-refractivity contribution in [2.24, 2.45) is 10.7 Å². The molecule has 1 aliphatic heterocycles. The normalized spacial score (nSPS) is 15.3.